The Hall–Kier alpha value is -1.09. The number of aromatic nitrogens is 1. The summed E-state index contributed by atoms with van der Waals surface area (Å²) in [4.78, 5) is 11.6. The van der Waals surface area contributed by atoms with E-state index in [1.165, 1.54) is 0 Å². The summed E-state index contributed by atoms with van der Waals surface area (Å²) in [5.74, 6) is 0. The van der Waals surface area contributed by atoms with Gasteiger partial charge in [0.1, 0.15) is 0 Å². The molecule has 2 N–H and O–H groups in total. The molecule has 1 rings (SSSR count). The minimum absolute atomic E-state index is 0.125. The van der Waals surface area contributed by atoms with Gasteiger partial charge in [-0.15, -0.1) is 0 Å². The molecule has 0 aliphatic carbocycles. The molecule has 0 fully saturated rings. The summed E-state index contributed by atoms with van der Waals surface area (Å²) in [5, 5.41) is 0. The normalized spacial score (nSPS) is 10.4. The third-order valence-electron chi connectivity index (χ3n) is 2.31. The summed E-state index contributed by atoms with van der Waals surface area (Å²) in [6.45, 7) is 3.39. The molecule has 1 heterocycles. The summed E-state index contributed by atoms with van der Waals surface area (Å²) in [7, 11) is 0. The molecular formula is C11H18N2O. The quantitative estimate of drug-likeness (QED) is 0.718. The molecule has 0 saturated carbocycles. The van der Waals surface area contributed by atoms with Crippen LogP contribution >= 0.6 is 0 Å². The van der Waals surface area contributed by atoms with Crippen LogP contribution in [-0.4, -0.2) is 11.1 Å². The molecule has 0 aromatic carbocycles. The lowest BCUT2D eigenvalue weighted by molar-refractivity contribution is 0.576. The lowest BCUT2D eigenvalue weighted by Crippen LogP contribution is -2.21. The number of hydrogen-bond acceptors (Lipinski definition) is 2. The Morgan fingerprint density at radius 2 is 2.14 bits per heavy atom. The van der Waals surface area contributed by atoms with Crippen molar-refractivity contribution >= 4 is 0 Å². The van der Waals surface area contributed by atoms with Crippen LogP contribution in [0.25, 0.3) is 0 Å². The summed E-state index contributed by atoms with van der Waals surface area (Å²) < 4.78 is 1.77. The van der Waals surface area contributed by atoms with Gasteiger partial charge in [-0.1, -0.05) is 12.5 Å². The van der Waals surface area contributed by atoms with Crippen LogP contribution in [0.2, 0.25) is 0 Å². The van der Waals surface area contributed by atoms with Crippen LogP contribution in [0.3, 0.4) is 0 Å². The number of nitrogens with two attached hydrogens (primary N) is 1. The molecule has 0 amide bonds. The lowest BCUT2D eigenvalue weighted by Gasteiger charge is -2.05. The van der Waals surface area contributed by atoms with Crippen LogP contribution in [0.1, 0.15) is 24.8 Å². The van der Waals surface area contributed by atoms with Crippen molar-refractivity contribution in [2.45, 2.75) is 32.7 Å². The minimum Gasteiger partial charge on any atom is -0.330 e. The van der Waals surface area contributed by atoms with Gasteiger partial charge in [0.25, 0.3) is 5.56 Å². The summed E-state index contributed by atoms with van der Waals surface area (Å²) in [6, 6.07) is 3.76. The van der Waals surface area contributed by atoms with Crippen molar-refractivity contribution in [2.75, 3.05) is 6.54 Å². The second kappa shape index (κ2) is 5.60. The number of pyridine rings is 1. The van der Waals surface area contributed by atoms with Gasteiger partial charge in [-0.2, -0.15) is 0 Å². The van der Waals surface area contributed by atoms with E-state index < -0.39 is 0 Å². The standard InChI is InChI=1S/C11H18N2O/c1-10-6-5-9-13(11(10)14)8-4-2-3-7-12/h5-6,9H,2-4,7-8,12H2,1H3. The van der Waals surface area contributed by atoms with Crippen LogP contribution < -0.4 is 11.3 Å². The zero-order chi connectivity index (χ0) is 10.4. The van der Waals surface area contributed by atoms with Gasteiger partial charge in [-0.05, 0) is 32.4 Å². The molecule has 3 heteroatoms. The SMILES string of the molecule is Cc1cccn(CCCCCN)c1=O. The van der Waals surface area contributed by atoms with E-state index in [1.54, 1.807) is 4.57 Å². The van der Waals surface area contributed by atoms with E-state index in [-0.39, 0.29) is 5.56 Å². The van der Waals surface area contributed by atoms with Crippen LogP contribution in [-0.2, 0) is 6.54 Å². The van der Waals surface area contributed by atoms with Gasteiger partial charge in [0.2, 0.25) is 0 Å². The van der Waals surface area contributed by atoms with Crippen molar-refractivity contribution in [2.24, 2.45) is 5.73 Å². The number of unbranched alkanes of at least 4 members (excludes halogenated alkanes) is 2. The molecule has 3 nitrogen and oxygen atoms in total. The van der Waals surface area contributed by atoms with E-state index in [1.807, 2.05) is 25.3 Å². The highest BCUT2D eigenvalue weighted by Crippen LogP contribution is 1.97. The zero-order valence-corrected chi connectivity index (χ0v) is 8.70. The molecular weight excluding hydrogens is 176 g/mol. The molecule has 0 aliphatic rings. The van der Waals surface area contributed by atoms with E-state index >= 15 is 0 Å². The maximum Gasteiger partial charge on any atom is 0.253 e. The Balaban J connectivity index is 2.51. The fourth-order valence-electron chi connectivity index (χ4n) is 1.44. The Kier molecular flexibility index (Phi) is 4.40. The van der Waals surface area contributed by atoms with E-state index in [4.69, 9.17) is 5.73 Å². The van der Waals surface area contributed by atoms with Crippen molar-refractivity contribution in [3.05, 3.63) is 34.2 Å². The highest BCUT2D eigenvalue weighted by molar-refractivity contribution is 5.07. The van der Waals surface area contributed by atoms with Gasteiger partial charge in [0.15, 0.2) is 0 Å². The topological polar surface area (TPSA) is 48.0 Å². The molecule has 0 spiro atoms. The Morgan fingerprint density at radius 1 is 1.36 bits per heavy atom. The Bertz CT molecular complexity index is 330. The lowest BCUT2D eigenvalue weighted by atomic mass is 10.2. The highest BCUT2D eigenvalue weighted by atomic mass is 16.1. The van der Waals surface area contributed by atoms with Crippen LogP contribution in [0.4, 0.5) is 0 Å². The van der Waals surface area contributed by atoms with Crippen LogP contribution in [0.5, 0.6) is 0 Å². The maximum atomic E-state index is 11.6. The summed E-state index contributed by atoms with van der Waals surface area (Å²) in [6.07, 6.45) is 5.01. The average molecular weight is 194 g/mol. The predicted molar refractivity (Wildman–Crippen MR) is 58.3 cm³/mol. The Labute approximate surface area is 84.6 Å². The maximum absolute atomic E-state index is 11.6. The van der Waals surface area contributed by atoms with Gasteiger partial charge >= 0.3 is 0 Å². The molecule has 1 aromatic heterocycles. The van der Waals surface area contributed by atoms with Gasteiger partial charge in [-0.3, -0.25) is 4.79 Å². The Morgan fingerprint density at radius 3 is 2.86 bits per heavy atom. The van der Waals surface area contributed by atoms with Gasteiger partial charge in [0.05, 0.1) is 0 Å². The zero-order valence-electron chi connectivity index (χ0n) is 8.70. The molecule has 0 unspecified atom stereocenters. The van der Waals surface area contributed by atoms with Gasteiger partial charge in [-0.25, -0.2) is 0 Å². The summed E-state index contributed by atoms with van der Waals surface area (Å²) in [5.41, 5.74) is 6.33. The first-order chi connectivity index (χ1) is 6.75. The molecule has 0 bridgehead atoms. The molecule has 1 aromatic rings. The van der Waals surface area contributed by atoms with Crippen LogP contribution in [0, 0.1) is 6.92 Å². The van der Waals surface area contributed by atoms with Crippen molar-refractivity contribution in [1.82, 2.24) is 4.57 Å². The molecule has 78 valence electrons. The van der Waals surface area contributed by atoms with Crippen molar-refractivity contribution in [3.8, 4) is 0 Å². The summed E-state index contributed by atoms with van der Waals surface area (Å²) >= 11 is 0. The minimum atomic E-state index is 0.125. The number of nitrogens with zero attached hydrogens (tertiary/aromatic N) is 1. The van der Waals surface area contributed by atoms with E-state index in [9.17, 15) is 4.79 Å². The fraction of sp³-hybridized carbons (Fsp3) is 0.545. The smallest absolute Gasteiger partial charge is 0.253 e. The molecule has 14 heavy (non-hydrogen) atoms. The highest BCUT2D eigenvalue weighted by Gasteiger charge is 1.97. The third kappa shape index (κ3) is 3.00. The van der Waals surface area contributed by atoms with Gasteiger partial charge in [0, 0.05) is 18.3 Å². The van der Waals surface area contributed by atoms with Crippen molar-refractivity contribution in [3.63, 3.8) is 0 Å². The van der Waals surface area contributed by atoms with E-state index in [0.717, 1.165) is 37.9 Å². The fourth-order valence-corrected chi connectivity index (χ4v) is 1.44. The second-order valence-electron chi connectivity index (χ2n) is 3.54. The first kappa shape index (κ1) is 11.0. The second-order valence-corrected chi connectivity index (χ2v) is 3.54. The van der Waals surface area contributed by atoms with Crippen LogP contribution in [0.15, 0.2) is 23.1 Å². The van der Waals surface area contributed by atoms with E-state index in [0.29, 0.717) is 0 Å². The monoisotopic (exact) mass is 194 g/mol. The van der Waals surface area contributed by atoms with Crippen molar-refractivity contribution < 1.29 is 0 Å². The number of hydrogen-bond donors (Lipinski definition) is 1. The molecule has 0 radical (unpaired) electrons. The first-order valence-electron chi connectivity index (χ1n) is 5.12. The molecule has 0 atom stereocenters. The number of rotatable bonds is 5. The predicted octanol–water partition coefficient (Wildman–Crippen LogP) is 1.29. The van der Waals surface area contributed by atoms with Crippen molar-refractivity contribution in [1.29, 1.82) is 0 Å². The molecule has 0 aliphatic heterocycles. The largest absolute Gasteiger partial charge is 0.330 e. The third-order valence-corrected chi connectivity index (χ3v) is 2.31. The van der Waals surface area contributed by atoms with E-state index in [2.05, 4.69) is 0 Å². The number of aryl methyl sites for hydroxylation is 2. The average Bonchev–Trinajstić information content (AvgIpc) is 2.19. The molecule has 0 saturated heterocycles. The van der Waals surface area contributed by atoms with Gasteiger partial charge < -0.3 is 10.3 Å². The first-order valence-corrected chi connectivity index (χ1v) is 5.12.